The number of thiazole rings is 1. The largest absolute Gasteiger partial charge is 0.508 e. The molecule has 3 aromatic heterocycles. The molecule has 5 N–H and O–H groups in total. The van der Waals surface area contributed by atoms with Gasteiger partial charge in [-0.1, -0.05) is 62.4 Å². The summed E-state index contributed by atoms with van der Waals surface area (Å²) >= 11 is 1.43. The van der Waals surface area contributed by atoms with Crippen LogP contribution in [0.1, 0.15) is 42.5 Å². The number of rotatable bonds is 9. The summed E-state index contributed by atoms with van der Waals surface area (Å²) < 4.78 is 9.02. The number of phenols is 1. The lowest BCUT2D eigenvalue weighted by atomic mass is 9.87. The van der Waals surface area contributed by atoms with Crippen molar-refractivity contribution in [3.8, 4) is 28.4 Å². The van der Waals surface area contributed by atoms with Gasteiger partial charge < -0.3 is 25.6 Å². The monoisotopic (exact) mass is 639 g/mol. The average molecular weight is 640 g/mol. The molecule has 0 aliphatic carbocycles. The number of fused-ring (bicyclic) bond motifs is 3. The van der Waals surface area contributed by atoms with Gasteiger partial charge in [-0.05, 0) is 35.9 Å². The second-order valence-corrected chi connectivity index (χ2v) is 12.6. The minimum Gasteiger partial charge on any atom is -0.508 e. The first-order valence-corrected chi connectivity index (χ1v) is 15.4. The Morgan fingerprint density at radius 2 is 1.78 bits per heavy atom. The summed E-state index contributed by atoms with van der Waals surface area (Å²) in [4.78, 5) is 31.7. The van der Waals surface area contributed by atoms with Crippen LogP contribution in [0.2, 0.25) is 0 Å². The molecule has 0 radical (unpaired) electrons. The zero-order chi connectivity index (χ0) is 32.4. The summed E-state index contributed by atoms with van der Waals surface area (Å²) in [7, 11) is 0. The maximum absolute atomic E-state index is 12.9. The van der Waals surface area contributed by atoms with Crippen LogP contribution < -0.4 is 20.8 Å². The fourth-order valence-electron chi connectivity index (χ4n) is 4.95. The van der Waals surface area contributed by atoms with E-state index in [0.29, 0.717) is 16.5 Å². The Morgan fingerprint density at radius 1 is 1.00 bits per heavy atom. The van der Waals surface area contributed by atoms with E-state index in [9.17, 15) is 14.7 Å². The van der Waals surface area contributed by atoms with E-state index in [1.165, 1.54) is 16.1 Å². The van der Waals surface area contributed by atoms with E-state index in [0.717, 1.165) is 32.6 Å². The second kappa shape index (κ2) is 12.5. The Kier molecular flexibility index (Phi) is 8.35. The number of amides is 3. The zero-order valence-corrected chi connectivity index (χ0v) is 26.3. The Balaban J connectivity index is 1.14. The molecular weight excluding hydrogens is 606 g/mol. The number of benzene rings is 3. The molecule has 0 saturated heterocycles. The highest BCUT2D eigenvalue weighted by molar-refractivity contribution is 7.23. The first kappa shape index (κ1) is 30.6. The number of imidazole rings is 1. The van der Waals surface area contributed by atoms with Gasteiger partial charge in [0.2, 0.25) is 0 Å². The highest BCUT2D eigenvalue weighted by Crippen LogP contribution is 2.34. The molecule has 3 aromatic carbocycles. The number of aliphatic hydroxyl groups excluding tert-OH is 1. The summed E-state index contributed by atoms with van der Waals surface area (Å²) in [6, 6.07) is 19.5. The summed E-state index contributed by atoms with van der Waals surface area (Å²) in [5.74, 6) is 1.04. The van der Waals surface area contributed by atoms with Gasteiger partial charge >= 0.3 is 6.03 Å². The number of aromatic hydroxyl groups is 1. The van der Waals surface area contributed by atoms with Crippen LogP contribution in [-0.2, 0) is 12.0 Å². The third-order valence-corrected chi connectivity index (χ3v) is 8.17. The van der Waals surface area contributed by atoms with Crippen LogP contribution in [0.3, 0.4) is 0 Å². The van der Waals surface area contributed by atoms with Crippen molar-refractivity contribution in [3.63, 3.8) is 0 Å². The number of ether oxygens (including phenoxy) is 1. The quantitative estimate of drug-likeness (QED) is 0.142. The normalized spacial score (nSPS) is 11.6. The highest BCUT2D eigenvalue weighted by Gasteiger charge is 2.24. The van der Waals surface area contributed by atoms with Crippen LogP contribution in [-0.4, -0.2) is 54.6 Å². The van der Waals surface area contributed by atoms with Gasteiger partial charge in [0, 0.05) is 41.9 Å². The Bertz CT molecular complexity index is 2040. The molecule has 0 aliphatic heterocycles. The topological polar surface area (TPSA) is 155 Å². The number of aliphatic hydroxyl groups is 1. The number of carbonyl (C=O) groups is 2. The highest BCUT2D eigenvalue weighted by atomic mass is 32.1. The van der Waals surface area contributed by atoms with Crippen molar-refractivity contribution < 1.29 is 24.5 Å². The van der Waals surface area contributed by atoms with Crippen molar-refractivity contribution in [2.75, 3.05) is 18.6 Å². The molecular formula is C33H33N7O5S. The standard InChI is InChI=1S/C33H33N7O5S/c1-33(2,3)29-24(20-8-10-22(42)11-9-20)18-40(37-29)38-31(44)35-17-21-6-4-5-7-27(21)45-23-12-13-26-28(16-23)46-32-36-25(19-39(26)32)30(43)34-14-15-41/h4-13,16,18-19,41-42H,14-15,17H2,1-3H3,(H,34,43)(H2,35,38,44). The van der Waals surface area contributed by atoms with Crippen LogP contribution in [0.5, 0.6) is 17.2 Å². The summed E-state index contributed by atoms with van der Waals surface area (Å²) in [5, 5.41) is 28.8. The van der Waals surface area contributed by atoms with Crippen molar-refractivity contribution in [3.05, 3.63) is 96.1 Å². The molecule has 3 heterocycles. The molecule has 0 spiro atoms. The minimum atomic E-state index is -0.442. The van der Waals surface area contributed by atoms with E-state index in [4.69, 9.17) is 9.84 Å². The second-order valence-electron chi connectivity index (χ2n) is 11.6. The van der Waals surface area contributed by atoms with Crippen LogP contribution >= 0.6 is 11.3 Å². The lowest BCUT2D eigenvalue weighted by molar-refractivity contribution is 0.0940. The number of urea groups is 1. The predicted molar refractivity (Wildman–Crippen MR) is 176 cm³/mol. The van der Waals surface area contributed by atoms with Gasteiger partial charge in [-0.15, -0.1) is 0 Å². The van der Waals surface area contributed by atoms with Crippen LogP contribution in [0, 0.1) is 0 Å². The fourth-order valence-corrected chi connectivity index (χ4v) is 5.98. The predicted octanol–water partition coefficient (Wildman–Crippen LogP) is 5.38. The number of nitrogens with zero attached hydrogens (tertiary/aromatic N) is 4. The van der Waals surface area contributed by atoms with Gasteiger partial charge in [-0.2, -0.15) is 9.89 Å². The molecule has 13 heteroatoms. The molecule has 46 heavy (non-hydrogen) atoms. The van der Waals surface area contributed by atoms with Gasteiger partial charge in [0.25, 0.3) is 5.91 Å². The lowest BCUT2D eigenvalue weighted by Crippen LogP contribution is -2.34. The number of carbonyl (C=O) groups excluding carboxylic acids is 2. The van der Waals surface area contributed by atoms with E-state index in [2.05, 4.69) is 26.1 Å². The van der Waals surface area contributed by atoms with E-state index in [-0.39, 0.29) is 42.5 Å². The molecule has 0 aliphatic rings. The molecule has 0 unspecified atom stereocenters. The van der Waals surface area contributed by atoms with Crippen molar-refractivity contribution >= 4 is 38.5 Å². The summed E-state index contributed by atoms with van der Waals surface area (Å²) in [6.07, 6.45) is 3.43. The first-order valence-electron chi connectivity index (χ1n) is 14.6. The Hall–Kier alpha value is -5.40. The molecule has 0 atom stereocenters. The molecule has 12 nitrogen and oxygen atoms in total. The third-order valence-electron chi connectivity index (χ3n) is 7.15. The average Bonchev–Trinajstić information content (AvgIpc) is 3.73. The SMILES string of the molecule is CC(C)(C)c1nn(NC(=O)NCc2ccccc2Oc2ccc3c(c2)sc2nc(C(=O)NCCO)cn23)cc1-c1ccc(O)cc1. The summed E-state index contributed by atoms with van der Waals surface area (Å²) in [5.41, 5.74) is 6.96. The van der Waals surface area contributed by atoms with E-state index in [1.807, 2.05) is 79.8 Å². The molecule has 6 aromatic rings. The molecule has 6 rings (SSSR count). The number of nitrogens with one attached hydrogen (secondary N) is 3. The van der Waals surface area contributed by atoms with Crippen molar-refractivity contribution in [2.24, 2.45) is 0 Å². The van der Waals surface area contributed by atoms with Gasteiger partial charge in [0.1, 0.15) is 22.9 Å². The van der Waals surface area contributed by atoms with Gasteiger partial charge in [-0.3, -0.25) is 9.20 Å². The van der Waals surface area contributed by atoms with Crippen LogP contribution in [0.25, 0.3) is 26.3 Å². The van der Waals surface area contributed by atoms with Gasteiger partial charge in [0.15, 0.2) is 4.96 Å². The molecule has 0 bridgehead atoms. The van der Waals surface area contributed by atoms with Crippen LogP contribution in [0.15, 0.2) is 79.1 Å². The molecule has 0 fully saturated rings. The first-order chi connectivity index (χ1) is 22.1. The van der Waals surface area contributed by atoms with E-state index < -0.39 is 6.03 Å². The fraction of sp³-hybridized carbons (Fsp3) is 0.212. The molecule has 0 saturated carbocycles. The minimum absolute atomic E-state index is 0.139. The van der Waals surface area contributed by atoms with Crippen LogP contribution in [0.4, 0.5) is 4.79 Å². The van der Waals surface area contributed by atoms with Gasteiger partial charge in [-0.25, -0.2) is 15.2 Å². The van der Waals surface area contributed by atoms with Crippen molar-refractivity contribution in [2.45, 2.75) is 32.7 Å². The van der Waals surface area contributed by atoms with Crippen molar-refractivity contribution in [1.29, 1.82) is 0 Å². The lowest BCUT2D eigenvalue weighted by Gasteiger charge is -2.17. The van der Waals surface area contributed by atoms with E-state index in [1.54, 1.807) is 24.5 Å². The number of hydrogen-bond acceptors (Lipinski definition) is 8. The maximum atomic E-state index is 12.9. The molecule has 3 amide bonds. The summed E-state index contributed by atoms with van der Waals surface area (Å²) in [6.45, 7) is 6.38. The number of hydrogen-bond donors (Lipinski definition) is 5. The molecule has 236 valence electrons. The van der Waals surface area contributed by atoms with E-state index >= 15 is 0 Å². The number of aromatic nitrogens is 4. The van der Waals surface area contributed by atoms with Gasteiger partial charge in [0.05, 0.1) is 28.7 Å². The number of para-hydroxylation sites is 1. The Labute approximate surface area is 268 Å². The maximum Gasteiger partial charge on any atom is 0.335 e. The Morgan fingerprint density at radius 3 is 2.54 bits per heavy atom. The zero-order valence-electron chi connectivity index (χ0n) is 25.4. The third kappa shape index (κ3) is 6.50. The van der Waals surface area contributed by atoms with Crippen molar-refractivity contribution in [1.82, 2.24) is 29.9 Å². The smallest absolute Gasteiger partial charge is 0.335 e. The number of phenolic OH excluding ortho intramolecular Hbond substituents is 1.